The largest absolute Gasteiger partial charge is 0.462 e. The van der Waals surface area contributed by atoms with Crippen molar-refractivity contribution in [2.24, 2.45) is 0 Å². The summed E-state index contributed by atoms with van der Waals surface area (Å²) in [5.74, 6) is -0.846. The van der Waals surface area contributed by atoms with Gasteiger partial charge in [-0.15, -0.1) is 0 Å². The zero-order valence-electron chi connectivity index (χ0n) is 55.8. The molecule has 82 heavy (non-hydrogen) atoms. The first-order valence-electron chi connectivity index (χ1n) is 37.3. The van der Waals surface area contributed by atoms with E-state index in [2.05, 4.69) is 45.1 Å². The van der Waals surface area contributed by atoms with Crippen molar-refractivity contribution in [1.82, 2.24) is 0 Å². The third-order valence-electron chi connectivity index (χ3n) is 17.2. The lowest BCUT2D eigenvalue weighted by Gasteiger charge is -2.18. The van der Waals surface area contributed by atoms with Crippen LogP contribution < -0.4 is 0 Å². The van der Waals surface area contributed by atoms with Crippen LogP contribution in [0.3, 0.4) is 0 Å². The van der Waals surface area contributed by atoms with E-state index in [0.717, 1.165) is 64.2 Å². The lowest BCUT2D eigenvalue weighted by atomic mass is 10.0. The Kier molecular flexibility index (Phi) is 69.5. The first kappa shape index (κ1) is 79.9. The Morgan fingerprint density at radius 3 is 0.622 bits per heavy atom. The molecular formula is C76H144O6. The molecule has 0 rings (SSSR count). The Labute approximate surface area is 513 Å². The second-order valence-corrected chi connectivity index (χ2v) is 25.6. The van der Waals surface area contributed by atoms with Crippen LogP contribution in [0.2, 0.25) is 0 Å². The molecule has 0 N–H and O–H groups in total. The van der Waals surface area contributed by atoms with Crippen molar-refractivity contribution in [2.75, 3.05) is 13.2 Å². The van der Waals surface area contributed by atoms with Gasteiger partial charge in [0.05, 0.1) is 0 Å². The third kappa shape index (κ3) is 68.7. The average Bonchev–Trinajstić information content (AvgIpc) is 3.47. The maximum absolute atomic E-state index is 13.0. The number of ether oxygens (including phenoxy) is 3. The van der Waals surface area contributed by atoms with Gasteiger partial charge in [0.25, 0.3) is 0 Å². The molecule has 484 valence electrons. The third-order valence-corrected chi connectivity index (χ3v) is 17.2. The zero-order valence-corrected chi connectivity index (χ0v) is 55.8. The molecule has 0 heterocycles. The number of rotatable bonds is 70. The van der Waals surface area contributed by atoms with Gasteiger partial charge in [-0.3, -0.25) is 14.4 Å². The van der Waals surface area contributed by atoms with E-state index in [1.54, 1.807) is 0 Å². The minimum Gasteiger partial charge on any atom is -0.462 e. The van der Waals surface area contributed by atoms with Crippen LogP contribution in [0.15, 0.2) is 24.3 Å². The highest BCUT2D eigenvalue weighted by molar-refractivity contribution is 5.71. The van der Waals surface area contributed by atoms with Crippen molar-refractivity contribution in [1.29, 1.82) is 0 Å². The summed E-state index contributed by atoms with van der Waals surface area (Å²) in [4.78, 5) is 38.5. The monoisotopic (exact) mass is 1150 g/mol. The van der Waals surface area contributed by atoms with Crippen molar-refractivity contribution in [3.63, 3.8) is 0 Å². The van der Waals surface area contributed by atoms with Crippen LogP contribution in [0.25, 0.3) is 0 Å². The number of carbonyl (C=O) groups excluding carboxylic acids is 3. The summed E-state index contributed by atoms with van der Waals surface area (Å²) in [6.45, 7) is 6.70. The number of esters is 3. The lowest BCUT2D eigenvalue weighted by molar-refractivity contribution is -0.167. The fourth-order valence-electron chi connectivity index (χ4n) is 11.6. The van der Waals surface area contributed by atoms with Crippen molar-refractivity contribution < 1.29 is 28.6 Å². The van der Waals surface area contributed by atoms with Crippen LogP contribution in [0.5, 0.6) is 0 Å². The first-order valence-corrected chi connectivity index (χ1v) is 37.3. The SMILES string of the molecule is CCCCCC/C=C\CCCCCCCC(=O)OCC(COC(=O)CCCCCCCCCCCCCCCCCCCCCCCCCCCCCC)OC(=O)CCCCCCCCCCCCC/C=C\CCCCCCCCCC. The van der Waals surface area contributed by atoms with E-state index in [0.29, 0.717) is 19.3 Å². The van der Waals surface area contributed by atoms with Crippen molar-refractivity contribution in [3.8, 4) is 0 Å². The first-order chi connectivity index (χ1) is 40.5. The van der Waals surface area contributed by atoms with Gasteiger partial charge in [-0.2, -0.15) is 0 Å². The molecule has 0 saturated heterocycles. The zero-order chi connectivity index (χ0) is 59.2. The number of hydrogen-bond acceptors (Lipinski definition) is 6. The quantitative estimate of drug-likeness (QED) is 0.0261. The van der Waals surface area contributed by atoms with E-state index < -0.39 is 6.10 Å². The summed E-state index contributed by atoms with van der Waals surface area (Å²) in [5, 5.41) is 0. The molecule has 0 aliphatic heterocycles. The van der Waals surface area contributed by atoms with Gasteiger partial charge in [0, 0.05) is 19.3 Å². The molecule has 0 saturated carbocycles. The van der Waals surface area contributed by atoms with Crippen LogP contribution in [0.1, 0.15) is 425 Å². The van der Waals surface area contributed by atoms with Crippen LogP contribution in [-0.2, 0) is 28.6 Å². The van der Waals surface area contributed by atoms with Gasteiger partial charge in [0.15, 0.2) is 6.10 Å². The highest BCUT2D eigenvalue weighted by Gasteiger charge is 2.20. The summed E-state index contributed by atoms with van der Waals surface area (Å²) >= 11 is 0. The van der Waals surface area contributed by atoms with Gasteiger partial charge in [0.1, 0.15) is 13.2 Å². The summed E-state index contributed by atoms with van der Waals surface area (Å²) in [7, 11) is 0. The summed E-state index contributed by atoms with van der Waals surface area (Å²) in [6.07, 6.45) is 88.0. The molecule has 0 radical (unpaired) electrons. The Morgan fingerprint density at radius 2 is 0.402 bits per heavy atom. The van der Waals surface area contributed by atoms with Crippen molar-refractivity contribution in [2.45, 2.75) is 431 Å². The predicted octanol–water partition coefficient (Wildman–Crippen LogP) is 25.7. The number of carbonyl (C=O) groups is 3. The minimum atomic E-state index is -0.773. The van der Waals surface area contributed by atoms with Gasteiger partial charge in [-0.25, -0.2) is 0 Å². The number of unbranched alkanes of at least 4 members (excludes halogenated alkanes) is 55. The second kappa shape index (κ2) is 71.4. The minimum absolute atomic E-state index is 0.0684. The van der Waals surface area contributed by atoms with Crippen molar-refractivity contribution >= 4 is 17.9 Å². The Morgan fingerprint density at radius 1 is 0.232 bits per heavy atom. The fraction of sp³-hybridized carbons (Fsp3) is 0.908. The fourth-order valence-corrected chi connectivity index (χ4v) is 11.6. The molecule has 6 heteroatoms. The molecule has 0 aromatic heterocycles. The Bertz CT molecular complexity index is 1320. The average molecular weight is 1150 g/mol. The summed E-state index contributed by atoms with van der Waals surface area (Å²) in [6, 6.07) is 0. The second-order valence-electron chi connectivity index (χ2n) is 25.6. The van der Waals surface area contributed by atoms with Crippen LogP contribution in [-0.4, -0.2) is 37.2 Å². The molecule has 0 spiro atoms. The molecule has 0 aromatic carbocycles. The molecule has 0 fully saturated rings. The van der Waals surface area contributed by atoms with E-state index in [1.807, 2.05) is 0 Å². The number of hydrogen-bond donors (Lipinski definition) is 0. The Hall–Kier alpha value is -2.11. The molecule has 0 aromatic rings. The van der Waals surface area contributed by atoms with E-state index >= 15 is 0 Å². The lowest BCUT2D eigenvalue weighted by Crippen LogP contribution is -2.30. The Balaban J connectivity index is 4.18. The standard InChI is InChI=1S/C76H144O6/c1-4-7-10-13-16-19-22-25-27-29-31-33-35-36-37-38-39-41-42-44-46-48-51-54-57-60-63-66-69-75(78)81-72-73(71-80-74(77)68-65-62-59-56-53-50-24-21-18-15-12-9-6-3)82-76(79)70-67-64-61-58-55-52-49-47-45-43-40-34-32-30-28-26-23-20-17-14-11-8-5-2/h21,24,30,32,73H,4-20,22-23,25-29,31,33-72H2,1-3H3/b24-21-,32-30-. The topological polar surface area (TPSA) is 78.9 Å². The van der Waals surface area contributed by atoms with E-state index in [4.69, 9.17) is 14.2 Å². The van der Waals surface area contributed by atoms with Crippen LogP contribution in [0, 0.1) is 0 Å². The van der Waals surface area contributed by atoms with E-state index in [9.17, 15) is 14.4 Å². The van der Waals surface area contributed by atoms with Gasteiger partial charge in [0.2, 0.25) is 0 Å². The predicted molar refractivity (Wildman–Crippen MR) is 358 cm³/mol. The van der Waals surface area contributed by atoms with Gasteiger partial charge < -0.3 is 14.2 Å². The van der Waals surface area contributed by atoms with Gasteiger partial charge in [-0.05, 0) is 70.6 Å². The van der Waals surface area contributed by atoms with Crippen LogP contribution in [0.4, 0.5) is 0 Å². The van der Waals surface area contributed by atoms with E-state index in [1.165, 1.54) is 321 Å². The normalized spacial score (nSPS) is 12.1. The molecular weight excluding hydrogens is 1010 g/mol. The molecule has 0 aliphatic carbocycles. The number of allylic oxidation sites excluding steroid dienone is 4. The summed E-state index contributed by atoms with van der Waals surface area (Å²) < 4.78 is 17.0. The highest BCUT2D eigenvalue weighted by Crippen LogP contribution is 2.19. The molecule has 0 aliphatic rings. The molecule has 0 bridgehead atoms. The van der Waals surface area contributed by atoms with Gasteiger partial charge >= 0.3 is 17.9 Å². The van der Waals surface area contributed by atoms with E-state index in [-0.39, 0.29) is 31.1 Å². The van der Waals surface area contributed by atoms with Gasteiger partial charge in [-0.1, -0.05) is 360 Å². The molecule has 1 unspecified atom stereocenters. The highest BCUT2D eigenvalue weighted by atomic mass is 16.6. The molecule has 0 amide bonds. The smallest absolute Gasteiger partial charge is 0.306 e. The molecule has 1 atom stereocenters. The summed E-state index contributed by atoms with van der Waals surface area (Å²) in [5.41, 5.74) is 0. The molecule has 6 nitrogen and oxygen atoms in total. The van der Waals surface area contributed by atoms with Crippen molar-refractivity contribution in [3.05, 3.63) is 24.3 Å². The maximum atomic E-state index is 13.0. The van der Waals surface area contributed by atoms with Crippen LogP contribution >= 0.6 is 0 Å². The maximum Gasteiger partial charge on any atom is 0.306 e.